The number of carboxylic acids is 2. The van der Waals surface area contributed by atoms with Crippen molar-refractivity contribution in [1.82, 2.24) is 10.6 Å². The average molecular weight is 439 g/mol. The monoisotopic (exact) mass is 438 g/mol. The van der Waals surface area contributed by atoms with E-state index >= 15 is 0 Å². The van der Waals surface area contributed by atoms with Gasteiger partial charge in [0.15, 0.2) is 0 Å². The Hall–Kier alpha value is -2.62. The second-order valence-electron chi connectivity index (χ2n) is 5.71. The zero-order valence-corrected chi connectivity index (χ0v) is 15.7. The quantitative estimate of drug-likeness (QED) is 0.326. The van der Waals surface area contributed by atoms with E-state index in [-0.39, 0.29) is 35.7 Å². The number of nitrogens with one attached hydrogen (secondary N) is 2. The highest BCUT2D eigenvalue weighted by Crippen LogP contribution is 2.28. The van der Waals surface area contributed by atoms with Crippen LogP contribution in [0, 0.1) is 0 Å². The Morgan fingerprint density at radius 3 is 1.93 bits per heavy atom. The predicted molar refractivity (Wildman–Crippen MR) is 101 cm³/mol. The molecule has 0 saturated carbocycles. The predicted octanol–water partition coefficient (Wildman–Crippen LogP) is 1.99. The summed E-state index contributed by atoms with van der Waals surface area (Å²) in [4.78, 5) is 23.0. The van der Waals surface area contributed by atoms with Gasteiger partial charge in [0.05, 0.1) is 0 Å². The Kier molecular flexibility index (Phi) is 7.17. The molecule has 2 atom stereocenters. The number of phenolic OH excluding ortho intramolecular Hbond substituents is 2. The van der Waals surface area contributed by atoms with E-state index in [1.54, 1.807) is 18.2 Å². The van der Waals surface area contributed by atoms with Gasteiger partial charge in [-0.05, 0) is 24.3 Å². The molecule has 0 aliphatic rings. The van der Waals surface area contributed by atoms with E-state index in [0.717, 1.165) is 0 Å². The summed E-state index contributed by atoms with van der Waals surface area (Å²) in [7, 11) is 0. The Morgan fingerprint density at radius 2 is 1.37 bits per heavy atom. The highest BCUT2D eigenvalue weighted by Gasteiger charge is 2.24. The largest absolute Gasteiger partial charge is 0.508 e. The molecule has 0 heterocycles. The smallest absolute Gasteiger partial charge is 0.325 e. The molecular weight excluding hydrogens is 420 g/mol. The van der Waals surface area contributed by atoms with Gasteiger partial charge in [0.1, 0.15) is 23.6 Å². The van der Waals surface area contributed by atoms with Crippen LogP contribution in [0.1, 0.15) is 23.2 Å². The Bertz CT molecular complexity index is 829. The number of benzene rings is 2. The van der Waals surface area contributed by atoms with Crippen molar-refractivity contribution in [1.29, 1.82) is 0 Å². The first kappa shape index (κ1) is 20.7. The van der Waals surface area contributed by atoms with Gasteiger partial charge in [-0.3, -0.25) is 20.2 Å². The number of hydrogen-bond donors (Lipinski definition) is 6. The van der Waals surface area contributed by atoms with Crippen molar-refractivity contribution in [3.05, 3.63) is 58.1 Å². The van der Waals surface area contributed by atoms with Crippen LogP contribution in [0.3, 0.4) is 0 Å². The zero-order chi connectivity index (χ0) is 20.0. The molecule has 0 amide bonds. The first-order valence-corrected chi connectivity index (χ1v) is 8.79. The van der Waals surface area contributed by atoms with E-state index in [0.29, 0.717) is 4.47 Å². The van der Waals surface area contributed by atoms with E-state index in [2.05, 4.69) is 26.6 Å². The number of rotatable bonds is 9. The van der Waals surface area contributed by atoms with Crippen molar-refractivity contribution in [2.45, 2.75) is 12.1 Å². The van der Waals surface area contributed by atoms with Crippen molar-refractivity contribution in [3.63, 3.8) is 0 Å². The number of phenols is 2. The van der Waals surface area contributed by atoms with Gasteiger partial charge >= 0.3 is 11.9 Å². The summed E-state index contributed by atoms with van der Waals surface area (Å²) in [6.45, 7) is 0.226. The lowest BCUT2D eigenvalue weighted by Gasteiger charge is -2.19. The third-order valence-corrected chi connectivity index (χ3v) is 4.36. The molecule has 2 unspecified atom stereocenters. The summed E-state index contributed by atoms with van der Waals surface area (Å²) in [5.74, 6) is -2.66. The fraction of sp³-hybridized carbons (Fsp3) is 0.222. The number of carboxylic acid groups (broad SMARTS) is 2. The first-order chi connectivity index (χ1) is 12.8. The Labute approximate surface area is 163 Å². The van der Waals surface area contributed by atoms with Crippen LogP contribution in [0.25, 0.3) is 0 Å². The first-order valence-electron chi connectivity index (χ1n) is 8.00. The molecule has 144 valence electrons. The fourth-order valence-corrected chi connectivity index (χ4v) is 2.96. The summed E-state index contributed by atoms with van der Waals surface area (Å²) in [6.07, 6.45) is 0. The molecule has 2 rings (SSSR count). The maximum atomic E-state index is 11.5. The summed E-state index contributed by atoms with van der Waals surface area (Å²) < 4.78 is 0.618. The minimum atomic E-state index is -1.18. The van der Waals surface area contributed by atoms with Crippen molar-refractivity contribution < 1.29 is 30.0 Å². The number of carbonyl (C=O) groups is 2. The van der Waals surface area contributed by atoms with Crippen LogP contribution in [0.4, 0.5) is 0 Å². The number of aromatic hydroxyl groups is 2. The summed E-state index contributed by atoms with van der Waals surface area (Å²) in [6, 6.07) is 8.24. The molecular formula is C18H19BrN2O6. The molecule has 0 bridgehead atoms. The van der Waals surface area contributed by atoms with Gasteiger partial charge < -0.3 is 20.4 Å². The summed E-state index contributed by atoms with van der Waals surface area (Å²) in [5.41, 5.74) is 0.400. The summed E-state index contributed by atoms with van der Waals surface area (Å²) in [5, 5.41) is 44.0. The van der Waals surface area contributed by atoms with Crippen LogP contribution in [0.2, 0.25) is 0 Å². The van der Waals surface area contributed by atoms with Crippen LogP contribution in [0.5, 0.6) is 11.5 Å². The van der Waals surface area contributed by atoms with Gasteiger partial charge in [-0.2, -0.15) is 0 Å². The molecule has 0 aliphatic heterocycles. The average Bonchev–Trinajstić information content (AvgIpc) is 2.61. The summed E-state index contributed by atoms with van der Waals surface area (Å²) >= 11 is 3.23. The minimum Gasteiger partial charge on any atom is -0.508 e. The van der Waals surface area contributed by atoms with E-state index in [1.807, 2.05) is 0 Å². The fourth-order valence-electron chi connectivity index (χ4n) is 2.58. The van der Waals surface area contributed by atoms with E-state index < -0.39 is 24.0 Å². The Morgan fingerprint density at radius 1 is 0.852 bits per heavy atom. The maximum absolute atomic E-state index is 11.5. The van der Waals surface area contributed by atoms with E-state index in [1.165, 1.54) is 24.3 Å². The van der Waals surface area contributed by atoms with Crippen molar-refractivity contribution in [2.75, 3.05) is 13.1 Å². The number of halogens is 1. The van der Waals surface area contributed by atoms with Crippen LogP contribution >= 0.6 is 15.9 Å². The highest BCUT2D eigenvalue weighted by atomic mass is 79.9. The van der Waals surface area contributed by atoms with Crippen molar-refractivity contribution in [2.24, 2.45) is 0 Å². The molecule has 0 saturated heterocycles. The topological polar surface area (TPSA) is 139 Å². The second kappa shape index (κ2) is 9.36. The lowest BCUT2D eigenvalue weighted by molar-refractivity contribution is -0.141. The molecule has 2 aromatic rings. The molecule has 6 N–H and O–H groups in total. The van der Waals surface area contributed by atoms with Gasteiger partial charge in [0.2, 0.25) is 0 Å². The minimum absolute atomic E-state index is 0.111. The van der Waals surface area contributed by atoms with E-state index in [4.69, 9.17) is 0 Å². The number of para-hydroxylation sites is 1. The molecule has 0 spiro atoms. The molecule has 0 radical (unpaired) electrons. The van der Waals surface area contributed by atoms with E-state index in [9.17, 15) is 30.0 Å². The van der Waals surface area contributed by atoms with Crippen molar-refractivity contribution >= 4 is 27.9 Å². The van der Waals surface area contributed by atoms with Crippen molar-refractivity contribution in [3.8, 4) is 11.5 Å². The second-order valence-corrected chi connectivity index (χ2v) is 6.63. The number of hydrogen-bond acceptors (Lipinski definition) is 6. The van der Waals surface area contributed by atoms with Crippen LogP contribution in [0.15, 0.2) is 46.9 Å². The van der Waals surface area contributed by atoms with Gasteiger partial charge in [-0.15, -0.1) is 0 Å². The molecule has 0 fully saturated rings. The van der Waals surface area contributed by atoms with Gasteiger partial charge in [0.25, 0.3) is 0 Å². The van der Waals surface area contributed by atoms with Crippen LogP contribution in [-0.2, 0) is 9.59 Å². The van der Waals surface area contributed by atoms with Crippen LogP contribution < -0.4 is 10.6 Å². The molecule has 0 aromatic heterocycles. The molecule has 9 heteroatoms. The third-order valence-electron chi connectivity index (χ3n) is 3.86. The lowest BCUT2D eigenvalue weighted by Crippen LogP contribution is -2.37. The van der Waals surface area contributed by atoms with Gasteiger partial charge in [-0.25, -0.2) is 0 Å². The zero-order valence-electron chi connectivity index (χ0n) is 14.1. The molecule has 0 aliphatic carbocycles. The van der Waals surface area contributed by atoms with Gasteiger partial charge in [-0.1, -0.05) is 34.1 Å². The maximum Gasteiger partial charge on any atom is 0.325 e. The highest BCUT2D eigenvalue weighted by molar-refractivity contribution is 9.10. The third kappa shape index (κ3) is 5.43. The number of aliphatic carboxylic acids is 2. The normalized spacial score (nSPS) is 13.1. The van der Waals surface area contributed by atoms with Gasteiger partial charge in [0, 0.05) is 28.7 Å². The SMILES string of the molecule is O=C(O)C(NCCNC(C(=O)O)c1cc(Br)ccc1O)c1ccccc1O. The lowest BCUT2D eigenvalue weighted by atomic mass is 10.1. The molecule has 27 heavy (non-hydrogen) atoms. The molecule has 8 nitrogen and oxygen atoms in total. The molecule has 2 aromatic carbocycles. The van der Waals surface area contributed by atoms with Crippen LogP contribution in [-0.4, -0.2) is 45.5 Å². The standard InChI is InChI=1S/C18H19BrN2O6/c19-10-5-6-14(23)12(9-10)16(18(26)27)21-8-7-20-15(17(24)25)11-3-1-2-4-13(11)22/h1-6,9,15-16,20-23H,7-8H2,(H,24,25)(H,26,27). The Balaban J connectivity index is 2.02.